The van der Waals surface area contributed by atoms with E-state index in [9.17, 15) is 4.79 Å². The second-order valence-corrected chi connectivity index (χ2v) is 8.01. The van der Waals surface area contributed by atoms with Gasteiger partial charge in [0.25, 0.3) is 5.56 Å². The molecule has 0 aliphatic heterocycles. The van der Waals surface area contributed by atoms with E-state index in [1.807, 2.05) is 42.0 Å². The molecule has 1 aromatic carbocycles. The minimum absolute atomic E-state index is 0.0407. The molecule has 3 aromatic heterocycles. The summed E-state index contributed by atoms with van der Waals surface area (Å²) < 4.78 is 2.50. The number of benzene rings is 1. The molecular formula is C16H12N4OS3. The molecule has 0 saturated carbocycles. The van der Waals surface area contributed by atoms with Crippen LogP contribution in [-0.4, -0.2) is 26.0 Å². The average Bonchev–Trinajstić information content (AvgIpc) is 3.25. The third-order valence-corrected chi connectivity index (χ3v) is 6.34. The van der Waals surface area contributed by atoms with E-state index in [4.69, 9.17) is 0 Å². The van der Waals surface area contributed by atoms with Gasteiger partial charge in [0.2, 0.25) is 0 Å². The van der Waals surface area contributed by atoms with Crippen LogP contribution < -0.4 is 5.56 Å². The van der Waals surface area contributed by atoms with Crippen LogP contribution in [0.4, 0.5) is 0 Å². The molecule has 5 nitrogen and oxygen atoms in total. The van der Waals surface area contributed by atoms with Crippen LogP contribution in [0.1, 0.15) is 5.01 Å². The van der Waals surface area contributed by atoms with Gasteiger partial charge in [0.15, 0.2) is 4.34 Å². The first-order chi connectivity index (χ1) is 11.8. The third kappa shape index (κ3) is 2.77. The van der Waals surface area contributed by atoms with Gasteiger partial charge in [0, 0.05) is 10.9 Å². The van der Waals surface area contributed by atoms with Crippen molar-refractivity contribution in [1.82, 2.24) is 19.7 Å². The lowest BCUT2D eigenvalue weighted by Crippen LogP contribution is -2.20. The van der Waals surface area contributed by atoms with Crippen LogP contribution in [-0.2, 0) is 6.54 Å². The minimum atomic E-state index is -0.0407. The maximum atomic E-state index is 12.9. The van der Waals surface area contributed by atoms with E-state index in [-0.39, 0.29) is 5.56 Å². The summed E-state index contributed by atoms with van der Waals surface area (Å²) in [6, 6.07) is 9.92. The van der Waals surface area contributed by atoms with Crippen molar-refractivity contribution in [3.8, 4) is 11.1 Å². The number of rotatable bonds is 4. The molecular weight excluding hydrogens is 360 g/mol. The van der Waals surface area contributed by atoms with Gasteiger partial charge in [-0.25, -0.2) is 4.98 Å². The summed E-state index contributed by atoms with van der Waals surface area (Å²) in [5.41, 5.74) is 1.92. The Hall–Kier alpha value is -2.03. The van der Waals surface area contributed by atoms with Gasteiger partial charge in [0.05, 0.1) is 18.3 Å². The van der Waals surface area contributed by atoms with E-state index in [0.29, 0.717) is 11.9 Å². The zero-order valence-electron chi connectivity index (χ0n) is 12.7. The van der Waals surface area contributed by atoms with Crippen LogP contribution in [0, 0.1) is 0 Å². The van der Waals surface area contributed by atoms with Crippen molar-refractivity contribution in [1.29, 1.82) is 0 Å². The molecule has 8 heteroatoms. The zero-order valence-corrected chi connectivity index (χ0v) is 15.1. The number of hydrogen-bond donors (Lipinski definition) is 0. The first kappa shape index (κ1) is 15.5. The standard InChI is InChI=1S/C16H12N4OS3/c1-22-16-19-18-12(24-16)7-20-9-17-14-13(15(20)21)11(8-23-14)10-5-3-2-4-6-10/h2-6,8-9H,7H2,1H3. The van der Waals surface area contributed by atoms with E-state index < -0.39 is 0 Å². The highest BCUT2D eigenvalue weighted by atomic mass is 32.2. The van der Waals surface area contributed by atoms with Crippen LogP contribution in [0.15, 0.2) is 51.2 Å². The molecule has 4 rings (SSSR count). The van der Waals surface area contributed by atoms with E-state index in [2.05, 4.69) is 15.2 Å². The van der Waals surface area contributed by atoms with Gasteiger partial charge < -0.3 is 0 Å². The van der Waals surface area contributed by atoms with E-state index >= 15 is 0 Å². The van der Waals surface area contributed by atoms with Crippen molar-refractivity contribution in [2.24, 2.45) is 0 Å². The summed E-state index contributed by atoms with van der Waals surface area (Å²) in [5.74, 6) is 0. The molecule has 0 radical (unpaired) electrons. The molecule has 0 atom stereocenters. The molecule has 0 bridgehead atoms. The molecule has 0 fully saturated rings. The Morgan fingerprint density at radius 2 is 2.04 bits per heavy atom. The Bertz CT molecular complexity index is 1050. The molecule has 3 heterocycles. The van der Waals surface area contributed by atoms with Crippen molar-refractivity contribution < 1.29 is 0 Å². The fourth-order valence-corrected chi connectivity index (χ4v) is 4.66. The number of fused-ring (bicyclic) bond motifs is 1. The smallest absolute Gasteiger partial charge is 0.263 e. The molecule has 24 heavy (non-hydrogen) atoms. The Kier molecular flexibility index (Phi) is 4.17. The number of aromatic nitrogens is 4. The van der Waals surface area contributed by atoms with Crippen molar-refractivity contribution in [3.63, 3.8) is 0 Å². The molecule has 0 aliphatic rings. The molecule has 0 aliphatic carbocycles. The number of hydrogen-bond acceptors (Lipinski definition) is 7. The summed E-state index contributed by atoms with van der Waals surface area (Å²) in [6.07, 6.45) is 3.55. The lowest BCUT2D eigenvalue weighted by Gasteiger charge is -2.04. The van der Waals surface area contributed by atoms with Gasteiger partial charge in [-0.05, 0) is 11.8 Å². The maximum absolute atomic E-state index is 12.9. The van der Waals surface area contributed by atoms with E-state index in [0.717, 1.165) is 25.3 Å². The summed E-state index contributed by atoms with van der Waals surface area (Å²) in [5, 5.41) is 11.7. The number of thiophene rings is 1. The van der Waals surface area contributed by atoms with Gasteiger partial charge in [-0.1, -0.05) is 53.4 Å². The highest BCUT2D eigenvalue weighted by Gasteiger charge is 2.14. The summed E-state index contributed by atoms with van der Waals surface area (Å²) in [7, 11) is 0. The van der Waals surface area contributed by atoms with Crippen LogP contribution in [0.25, 0.3) is 21.3 Å². The highest BCUT2D eigenvalue weighted by molar-refractivity contribution is 8.00. The fourth-order valence-electron chi connectivity index (χ4n) is 2.44. The number of thioether (sulfide) groups is 1. The summed E-state index contributed by atoms with van der Waals surface area (Å²) in [6.45, 7) is 0.393. The largest absolute Gasteiger partial charge is 0.292 e. The molecule has 0 amide bonds. The Morgan fingerprint density at radius 3 is 2.79 bits per heavy atom. The molecule has 4 aromatic rings. The maximum Gasteiger partial charge on any atom is 0.263 e. The second-order valence-electron chi connectivity index (χ2n) is 5.04. The van der Waals surface area contributed by atoms with Crippen LogP contribution in [0.3, 0.4) is 0 Å². The second kappa shape index (κ2) is 6.46. The summed E-state index contributed by atoms with van der Waals surface area (Å²) >= 11 is 4.54. The minimum Gasteiger partial charge on any atom is -0.292 e. The molecule has 120 valence electrons. The van der Waals surface area contributed by atoms with Crippen molar-refractivity contribution in [2.45, 2.75) is 10.9 Å². The molecule has 0 N–H and O–H groups in total. The highest BCUT2D eigenvalue weighted by Crippen LogP contribution is 2.30. The van der Waals surface area contributed by atoms with Crippen LogP contribution >= 0.6 is 34.4 Å². The first-order valence-corrected chi connectivity index (χ1v) is 10.1. The Balaban J connectivity index is 1.81. The first-order valence-electron chi connectivity index (χ1n) is 7.14. The lowest BCUT2D eigenvalue weighted by atomic mass is 10.1. The quantitative estimate of drug-likeness (QED) is 0.511. The predicted octanol–water partition coefficient (Wildman–Crippen LogP) is 3.75. The molecule has 0 spiro atoms. The molecule has 0 saturated heterocycles. The van der Waals surface area contributed by atoms with Crippen molar-refractivity contribution in [3.05, 3.63) is 57.4 Å². The predicted molar refractivity (Wildman–Crippen MR) is 100 cm³/mol. The zero-order chi connectivity index (χ0) is 16.5. The normalized spacial score (nSPS) is 11.2. The Morgan fingerprint density at radius 1 is 1.21 bits per heavy atom. The van der Waals surface area contributed by atoms with Gasteiger partial charge in [-0.2, -0.15) is 0 Å². The fraction of sp³-hybridized carbons (Fsp3) is 0.125. The van der Waals surface area contributed by atoms with Crippen molar-refractivity contribution >= 4 is 44.7 Å². The lowest BCUT2D eigenvalue weighted by molar-refractivity contribution is 0.733. The number of nitrogens with zero attached hydrogens (tertiary/aromatic N) is 4. The topological polar surface area (TPSA) is 60.7 Å². The van der Waals surface area contributed by atoms with Gasteiger partial charge >= 0.3 is 0 Å². The third-order valence-electron chi connectivity index (χ3n) is 3.57. The van der Waals surface area contributed by atoms with E-state index in [1.165, 1.54) is 22.7 Å². The van der Waals surface area contributed by atoms with Gasteiger partial charge in [-0.3, -0.25) is 9.36 Å². The van der Waals surface area contributed by atoms with Gasteiger partial charge in [-0.15, -0.1) is 21.5 Å². The van der Waals surface area contributed by atoms with E-state index in [1.54, 1.807) is 22.7 Å². The SMILES string of the molecule is CSc1nnc(Cn2cnc3scc(-c4ccccc4)c3c2=O)s1. The van der Waals surface area contributed by atoms with Crippen molar-refractivity contribution in [2.75, 3.05) is 6.26 Å². The molecule has 0 unspecified atom stereocenters. The van der Waals surface area contributed by atoms with Crippen LogP contribution in [0.5, 0.6) is 0 Å². The van der Waals surface area contributed by atoms with Crippen LogP contribution in [0.2, 0.25) is 0 Å². The summed E-state index contributed by atoms with van der Waals surface area (Å²) in [4.78, 5) is 18.2. The monoisotopic (exact) mass is 372 g/mol. The Labute approximate surface area is 150 Å². The average molecular weight is 373 g/mol. The van der Waals surface area contributed by atoms with Gasteiger partial charge in [0.1, 0.15) is 9.84 Å².